The fourth-order valence-electron chi connectivity index (χ4n) is 1.90. The third-order valence-electron chi connectivity index (χ3n) is 2.84. The molecule has 0 unspecified atom stereocenters. The molecule has 78 valence electrons. The maximum Gasteiger partial charge on any atom is 0.139 e. The van der Waals surface area contributed by atoms with Crippen molar-refractivity contribution < 1.29 is 4.39 Å². The fraction of sp³-hybridized carbons (Fsp3) is 0.364. The van der Waals surface area contributed by atoms with Crippen molar-refractivity contribution in [2.75, 3.05) is 13.1 Å². The molecule has 4 heteroatoms. The molecule has 1 fully saturated rings. The molecule has 15 heavy (non-hydrogen) atoms. The number of hydrogen-bond donors (Lipinski definition) is 1. The third kappa shape index (κ3) is 1.61. The Kier molecular flexibility index (Phi) is 1.95. The Balaban J connectivity index is 1.91. The molecule has 2 aromatic heterocycles. The van der Waals surface area contributed by atoms with Crippen molar-refractivity contribution in [3.8, 4) is 0 Å². The van der Waals surface area contributed by atoms with Gasteiger partial charge in [-0.25, -0.2) is 9.37 Å². The van der Waals surface area contributed by atoms with E-state index in [1.807, 2.05) is 10.6 Å². The highest BCUT2D eigenvalue weighted by Gasteiger charge is 2.18. The normalized spacial score (nSPS) is 16.9. The van der Waals surface area contributed by atoms with Crippen LogP contribution < -0.4 is 5.32 Å². The predicted octanol–water partition coefficient (Wildman–Crippen LogP) is 1.24. The van der Waals surface area contributed by atoms with Gasteiger partial charge in [0.05, 0.1) is 5.69 Å². The number of hydrogen-bond acceptors (Lipinski definition) is 2. The maximum atomic E-state index is 12.9. The van der Waals surface area contributed by atoms with Gasteiger partial charge in [-0.05, 0) is 31.5 Å². The van der Waals surface area contributed by atoms with E-state index in [4.69, 9.17) is 0 Å². The van der Waals surface area contributed by atoms with Crippen LogP contribution in [0.2, 0.25) is 0 Å². The summed E-state index contributed by atoms with van der Waals surface area (Å²) in [6.07, 6.45) is 4.67. The van der Waals surface area contributed by atoms with Crippen molar-refractivity contribution in [3.63, 3.8) is 0 Å². The molecule has 0 aromatic carbocycles. The monoisotopic (exact) mass is 205 g/mol. The second kappa shape index (κ2) is 3.31. The van der Waals surface area contributed by atoms with E-state index in [0.29, 0.717) is 11.6 Å². The zero-order chi connectivity index (χ0) is 10.3. The second-order valence-electron chi connectivity index (χ2n) is 4.07. The molecule has 0 saturated carbocycles. The lowest BCUT2D eigenvalue weighted by atomic mass is 9.98. The number of nitrogens with one attached hydrogen (secondary N) is 1. The summed E-state index contributed by atoms with van der Waals surface area (Å²) in [5.74, 6) is 0.463. The first-order chi connectivity index (χ1) is 7.31. The first kappa shape index (κ1) is 8.85. The van der Waals surface area contributed by atoms with Crippen LogP contribution in [0.25, 0.3) is 5.65 Å². The number of pyridine rings is 1. The Bertz CT molecular complexity index is 488. The van der Waals surface area contributed by atoms with Gasteiger partial charge in [-0.2, -0.15) is 0 Å². The molecular formula is C11H12FN3. The van der Waals surface area contributed by atoms with Gasteiger partial charge in [-0.1, -0.05) is 0 Å². The third-order valence-corrected chi connectivity index (χ3v) is 2.84. The topological polar surface area (TPSA) is 29.3 Å². The molecule has 2 aromatic rings. The number of aromatic nitrogens is 2. The zero-order valence-corrected chi connectivity index (χ0v) is 8.28. The summed E-state index contributed by atoms with van der Waals surface area (Å²) in [6, 6.07) is 2.91. The Morgan fingerprint density at radius 3 is 3.13 bits per heavy atom. The van der Waals surface area contributed by atoms with Crippen LogP contribution in [0.15, 0.2) is 24.5 Å². The van der Waals surface area contributed by atoms with Crippen molar-refractivity contribution in [2.24, 2.45) is 5.92 Å². The maximum absolute atomic E-state index is 12.9. The summed E-state index contributed by atoms with van der Waals surface area (Å²) in [4.78, 5) is 4.39. The van der Waals surface area contributed by atoms with E-state index in [-0.39, 0.29) is 5.82 Å². The molecule has 3 heterocycles. The zero-order valence-electron chi connectivity index (χ0n) is 8.28. The molecule has 1 saturated heterocycles. The van der Waals surface area contributed by atoms with Crippen LogP contribution in [0.4, 0.5) is 4.39 Å². The van der Waals surface area contributed by atoms with Crippen LogP contribution in [0.1, 0.15) is 5.69 Å². The molecule has 0 radical (unpaired) electrons. The highest BCUT2D eigenvalue weighted by atomic mass is 19.1. The summed E-state index contributed by atoms with van der Waals surface area (Å²) in [7, 11) is 0. The quantitative estimate of drug-likeness (QED) is 0.799. The van der Waals surface area contributed by atoms with Gasteiger partial charge in [-0.15, -0.1) is 0 Å². The number of nitrogens with zero attached hydrogens (tertiary/aromatic N) is 2. The summed E-state index contributed by atoms with van der Waals surface area (Å²) in [5.41, 5.74) is 1.74. The smallest absolute Gasteiger partial charge is 0.139 e. The molecule has 0 aliphatic carbocycles. The summed E-state index contributed by atoms with van der Waals surface area (Å²) >= 11 is 0. The van der Waals surface area contributed by atoms with Gasteiger partial charge in [0.1, 0.15) is 11.5 Å². The second-order valence-corrected chi connectivity index (χ2v) is 4.07. The van der Waals surface area contributed by atoms with E-state index in [2.05, 4.69) is 10.3 Å². The van der Waals surface area contributed by atoms with Crippen LogP contribution >= 0.6 is 0 Å². The Labute approximate surface area is 86.9 Å². The molecule has 1 aliphatic rings. The van der Waals surface area contributed by atoms with E-state index >= 15 is 0 Å². The lowest BCUT2D eigenvalue weighted by Crippen LogP contribution is -2.43. The SMILES string of the molecule is Fc1ccn2cc(CC3CNC3)nc2c1. The van der Waals surface area contributed by atoms with E-state index in [1.165, 1.54) is 12.1 Å². The number of halogens is 1. The number of fused-ring (bicyclic) bond motifs is 1. The van der Waals surface area contributed by atoms with Crippen molar-refractivity contribution in [2.45, 2.75) is 6.42 Å². The Morgan fingerprint density at radius 1 is 1.53 bits per heavy atom. The molecule has 0 atom stereocenters. The lowest BCUT2D eigenvalue weighted by molar-refractivity contribution is 0.344. The standard InChI is InChI=1S/C11H12FN3/c12-9-1-2-15-7-10(14-11(15)4-9)3-8-5-13-6-8/h1-2,4,7-8,13H,3,5-6H2. The van der Waals surface area contributed by atoms with Gasteiger partial charge < -0.3 is 9.72 Å². The number of imidazole rings is 1. The fourth-order valence-corrected chi connectivity index (χ4v) is 1.90. The van der Waals surface area contributed by atoms with Crippen LogP contribution in [0.3, 0.4) is 0 Å². The average molecular weight is 205 g/mol. The first-order valence-corrected chi connectivity index (χ1v) is 5.15. The predicted molar refractivity (Wildman–Crippen MR) is 55.2 cm³/mol. The highest BCUT2D eigenvalue weighted by molar-refractivity contribution is 5.40. The van der Waals surface area contributed by atoms with Gasteiger partial charge in [-0.3, -0.25) is 0 Å². The number of rotatable bonds is 2. The van der Waals surface area contributed by atoms with Gasteiger partial charge in [0.2, 0.25) is 0 Å². The average Bonchev–Trinajstić information content (AvgIpc) is 2.53. The Hall–Kier alpha value is -1.42. The molecule has 3 nitrogen and oxygen atoms in total. The van der Waals surface area contributed by atoms with Gasteiger partial charge >= 0.3 is 0 Å². The van der Waals surface area contributed by atoms with Crippen molar-refractivity contribution in [3.05, 3.63) is 36.0 Å². The van der Waals surface area contributed by atoms with E-state index < -0.39 is 0 Å². The van der Waals surface area contributed by atoms with Gasteiger partial charge in [0, 0.05) is 18.5 Å². The van der Waals surface area contributed by atoms with Gasteiger partial charge in [0.15, 0.2) is 0 Å². The van der Waals surface area contributed by atoms with Crippen molar-refractivity contribution in [1.82, 2.24) is 14.7 Å². The van der Waals surface area contributed by atoms with E-state index in [0.717, 1.165) is 25.2 Å². The molecule has 0 amide bonds. The minimum Gasteiger partial charge on any atom is -0.316 e. The lowest BCUT2D eigenvalue weighted by Gasteiger charge is -2.25. The molecule has 0 bridgehead atoms. The summed E-state index contributed by atoms with van der Waals surface area (Å²) in [5, 5.41) is 3.23. The largest absolute Gasteiger partial charge is 0.316 e. The molecular weight excluding hydrogens is 193 g/mol. The molecule has 3 rings (SSSR count). The summed E-state index contributed by atoms with van der Waals surface area (Å²) in [6.45, 7) is 2.14. The highest BCUT2D eigenvalue weighted by Crippen LogP contribution is 2.13. The molecule has 0 spiro atoms. The molecule has 1 N–H and O–H groups in total. The van der Waals surface area contributed by atoms with Crippen molar-refractivity contribution in [1.29, 1.82) is 0 Å². The summed E-state index contributed by atoms with van der Waals surface area (Å²) < 4.78 is 14.8. The minimum atomic E-state index is -0.232. The van der Waals surface area contributed by atoms with E-state index in [9.17, 15) is 4.39 Å². The van der Waals surface area contributed by atoms with Crippen molar-refractivity contribution >= 4 is 5.65 Å². The van der Waals surface area contributed by atoms with Gasteiger partial charge in [0.25, 0.3) is 0 Å². The van der Waals surface area contributed by atoms with Crippen LogP contribution in [-0.2, 0) is 6.42 Å². The van der Waals surface area contributed by atoms with Crippen LogP contribution in [0.5, 0.6) is 0 Å². The Morgan fingerprint density at radius 2 is 2.40 bits per heavy atom. The van der Waals surface area contributed by atoms with E-state index in [1.54, 1.807) is 6.20 Å². The van der Waals surface area contributed by atoms with Crippen LogP contribution in [-0.4, -0.2) is 22.5 Å². The first-order valence-electron chi connectivity index (χ1n) is 5.15. The minimum absolute atomic E-state index is 0.232. The van der Waals surface area contributed by atoms with Crippen LogP contribution in [0, 0.1) is 11.7 Å². The molecule has 1 aliphatic heterocycles.